The standard InChI is InChI=1S/C20H27NO6/c1-6-13(2)17(20(24)27-5)21-12-16(19(23)26-4)11-14-7-9-15(10-8-14)18(22)25-3/h7-11,13,17,21H,6,12H2,1-5H3/b16-11+. The minimum Gasteiger partial charge on any atom is -0.468 e. The van der Waals surface area contributed by atoms with Crippen LogP contribution in [-0.4, -0.2) is 51.8 Å². The van der Waals surface area contributed by atoms with Gasteiger partial charge in [0.25, 0.3) is 0 Å². The number of benzene rings is 1. The number of hydrogen-bond donors (Lipinski definition) is 1. The van der Waals surface area contributed by atoms with Crippen LogP contribution in [0.25, 0.3) is 6.08 Å². The van der Waals surface area contributed by atoms with E-state index in [0.717, 1.165) is 6.42 Å². The predicted molar refractivity (Wildman–Crippen MR) is 101 cm³/mol. The van der Waals surface area contributed by atoms with Gasteiger partial charge in [0.2, 0.25) is 0 Å². The number of methoxy groups -OCH3 is 3. The fourth-order valence-electron chi connectivity index (χ4n) is 2.45. The second-order valence-electron chi connectivity index (χ2n) is 6.04. The fraction of sp³-hybridized carbons (Fsp3) is 0.450. The molecule has 0 aliphatic carbocycles. The highest BCUT2D eigenvalue weighted by molar-refractivity contribution is 5.94. The Morgan fingerprint density at radius 2 is 1.67 bits per heavy atom. The van der Waals surface area contributed by atoms with Crippen LogP contribution in [0, 0.1) is 5.92 Å². The van der Waals surface area contributed by atoms with Crippen LogP contribution in [0.3, 0.4) is 0 Å². The smallest absolute Gasteiger partial charge is 0.337 e. The molecule has 148 valence electrons. The van der Waals surface area contributed by atoms with E-state index in [-0.39, 0.29) is 18.4 Å². The molecule has 0 bridgehead atoms. The van der Waals surface area contributed by atoms with Gasteiger partial charge in [0.1, 0.15) is 6.04 Å². The van der Waals surface area contributed by atoms with Crippen LogP contribution in [0.15, 0.2) is 29.8 Å². The normalized spacial score (nSPS) is 13.4. The van der Waals surface area contributed by atoms with Gasteiger partial charge in [0.15, 0.2) is 0 Å². The summed E-state index contributed by atoms with van der Waals surface area (Å²) in [5, 5.41) is 3.08. The van der Waals surface area contributed by atoms with Gasteiger partial charge in [-0.3, -0.25) is 10.1 Å². The van der Waals surface area contributed by atoms with E-state index in [4.69, 9.17) is 9.47 Å². The summed E-state index contributed by atoms with van der Waals surface area (Å²) in [4.78, 5) is 35.6. The van der Waals surface area contributed by atoms with Crippen molar-refractivity contribution in [3.63, 3.8) is 0 Å². The van der Waals surface area contributed by atoms with E-state index in [2.05, 4.69) is 10.1 Å². The van der Waals surface area contributed by atoms with E-state index < -0.39 is 18.0 Å². The molecule has 0 saturated carbocycles. The molecule has 1 rings (SSSR count). The Kier molecular flexibility index (Phi) is 9.22. The summed E-state index contributed by atoms with van der Waals surface area (Å²) in [5.74, 6) is -1.28. The van der Waals surface area contributed by atoms with Gasteiger partial charge >= 0.3 is 17.9 Å². The molecule has 27 heavy (non-hydrogen) atoms. The first-order valence-corrected chi connectivity index (χ1v) is 8.66. The molecule has 2 unspecified atom stereocenters. The lowest BCUT2D eigenvalue weighted by Crippen LogP contribution is -2.44. The average molecular weight is 377 g/mol. The molecule has 7 heteroatoms. The van der Waals surface area contributed by atoms with Gasteiger partial charge < -0.3 is 14.2 Å². The molecule has 7 nitrogen and oxygen atoms in total. The van der Waals surface area contributed by atoms with Crippen LogP contribution in [0.4, 0.5) is 0 Å². The highest BCUT2D eigenvalue weighted by Gasteiger charge is 2.25. The fourth-order valence-corrected chi connectivity index (χ4v) is 2.45. The van der Waals surface area contributed by atoms with E-state index in [0.29, 0.717) is 16.7 Å². The van der Waals surface area contributed by atoms with Crippen molar-refractivity contribution in [2.45, 2.75) is 26.3 Å². The van der Waals surface area contributed by atoms with Crippen molar-refractivity contribution in [3.05, 3.63) is 41.0 Å². The largest absolute Gasteiger partial charge is 0.468 e. The maximum atomic E-state index is 12.1. The summed E-state index contributed by atoms with van der Waals surface area (Å²) in [5.41, 5.74) is 1.47. The van der Waals surface area contributed by atoms with Crippen molar-refractivity contribution in [1.82, 2.24) is 5.32 Å². The maximum absolute atomic E-state index is 12.1. The summed E-state index contributed by atoms with van der Waals surface area (Å²) in [6.45, 7) is 4.04. The number of rotatable bonds is 9. The Morgan fingerprint density at radius 3 is 2.15 bits per heavy atom. The maximum Gasteiger partial charge on any atom is 0.337 e. The number of ether oxygens (including phenoxy) is 3. The Labute approximate surface area is 159 Å². The molecular weight excluding hydrogens is 350 g/mol. The molecule has 0 fully saturated rings. The summed E-state index contributed by atoms with van der Waals surface area (Å²) in [6, 6.07) is 6.07. The van der Waals surface area contributed by atoms with Gasteiger partial charge in [-0.2, -0.15) is 0 Å². The predicted octanol–water partition coefficient (Wildman–Crippen LogP) is 2.21. The summed E-state index contributed by atoms with van der Waals surface area (Å²) < 4.78 is 14.3. The van der Waals surface area contributed by atoms with E-state index in [1.807, 2.05) is 13.8 Å². The van der Waals surface area contributed by atoms with Gasteiger partial charge in [-0.25, -0.2) is 9.59 Å². The topological polar surface area (TPSA) is 90.9 Å². The zero-order chi connectivity index (χ0) is 20.4. The molecule has 1 N–H and O–H groups in total. The third-order valence-corrected chi connectivity index (χ3v) is 4.30. The third kappa shape index (κ3) is 6.53. The zero-order valence-electron chi connectivity index (χ0n) is 16.4. The van der Waals surface area contributed by atoms with Gasteiger partial charge in [-0.05, 0) is 29.7 Å². The van der Waals surface area contributed by atoms with Crippen LogP contribution in [0.2, 0.25) is 0 Å². The number of carbonyl (C=O) groups is 3. The van der Waals surface area contributed by atoms with Crippen molar-refractivity contribution in [1.29, 1.82) is 0 Å². The first-order chi connectivity index (χ1) is 12.9. The lowest BCUT2D eigenvalue weighted by atomic mass is 9.98. The number of nitrogens with one attached hydrogen (secondary N) is 1. The number of carbonyl (C=O) groups excluding carboxylic acids is 3. The summed E-state index contributed by atoms with van der Waals surface area (Å²) in [7, 11) is 3.94. The van der Waals surface area contributed by atoms with Gasteiger partial charge in [-0.15, -0.1) is 0 Å². The Morgan fingerprint density at radius 1 is 1.04 bits per heavy atom. The highest BCUT2D eigenvalue weighted by atomic mass is 16.5. The summed E-state index contributed by atoms with van der Waals surface area (Å²) >= 11 is 0. The molecular formula is C20H27NO6. The van der Waals surface area contributed by atoms with Crippen LogP contribution < -0.4 is 5.32 Å². The number of hydrogen-bond acceptors (Lipinski definition) is 7. The van der Waals surface area contributed by atoms with Crippen molar-refractivity contribution in [3.8, 4) is 0 Å². The lowest BCUT2D eigenvalue weighted by molar-refractivity contribution is -0.144. The van der Waals surface area contributed by atoms with E-state index >= 15 is 0 Å². The summed E-state index contributed by atoms with van der Waals surface area (Å²) in [6.07, 6.45) is 2.42. The average Bonchev–Trinajstić information content (AvgIpc) is 2.71. The Balaban J connectivity index is 3.01. The van der Waals surface area contributed by atoms with Gasteiger partial charge in [0, 0.05) is 6.54 Å². The molecule has 0 saturated heterocycles. The van der Waals surface area contributed by atoms with Crippen LogP contribution in [-0.2, 0) is 23.8 Å². The monoisotopic (exact) mass is 377 g/mol. The van der Waals surface area contributed by atoms with E-state index in [1.165, 1.54) is 21.3 Å². The Bertz CT molecular complexity index is 680. The SMILES string of the molecule is CCC(C)C(NC/C(=C\c1ccc(C(=O)OC)cc1)C(=O)OC)C(=O)OC. The molecule has 0 radical (unpaired) electrons. The van der Waals surface area contributed by atoms with Crippen LogP contribution in [0.5, 0.6) is 0 Å². The van der Waals surface area contributed by atoms with Crippen molar-refractivity contribution >= 4 is 24.0 Å². The van der Waals surface area contributed by atoms with Gasteiger partial charge in [-0.1, -0.05) is 32.4 Å². The van der Waals surface area contributed by atoms with Crippen molar-refractivity contribution in [2.24, 2.45) is 5.92 Å². The highest BCUT2D eigenvalue weighted by Crippen LogP contribution is 2.13. The van der Waals surface area contributed by atoms with Crippen LogP contribution >= 0.6 is 0 Å². The quantitative estimate of drug-likeness (QED) is 0.401. The molecule has 0 aliphatic rings. The molecule has 0 aliphatic heterocycles. The number of esters is 3. The molecule has 0 spiro atoms. The molecule has 0 amide bonds. The second kappa shape index (κ2) is 11.1. The van der Waals surface area contributed by atoms with E-state index in [1.54, 1.807) is 30.3 Å². The van der Waals surface area contributed by atoms with Crippen molar-refractivity contribution in [2.75, 3.05) is 27.9 Å². The lowest BCUT2D eigenvalue weighted by Gasteiger charge is -2.22. The van der Waals surface area contributed by atoms with Gasteiger partial charge in [0.05, 0.1) is 32.5 Å². The zero-order valence-corrected chi connectivity index (χ0v) is 16.4. The van der Waals surface area contributed by atoms with Crippen molar-refractivity contribution < 1.29 is 28.6 Å². The first-order valence-electron chi connectivity index (χ1n) is 8.66. The second-order valence-corrected chi connectivity index (χ2v) is 6.04. The first kappa shape index (κ1) is 22.4. The third-order valence-electron chi connectivity index (χ3n) is 4.30. The molecule has 2 atom stereocenters. The molecule has 0 aromatic heterocycles. The minimum absolute atomic E-state index is 0.0377. The molecule has 1 aromatic rings. The molecule has 0 heterocycles. The van der Waals surface area contributed by atoms with E-state index in [9.17, 15) is 14.4 Å². The Hall–Kier alpha value is -2.67. The molecule has 1 aromatic carbocycles. The minimum atomic E-state index is -0.533. The van der Waals surface area contributed by atoms with Crippen LogP contribution in [0.1, 0.15) is 36.2 Å².